The third-order valence-electron chi connectivity index (χ3n) is 4.88. The molecule has 0 saturated heterocycles. The molecule has 0 radical (unpaired) electrons. The second-order valence-corrected chi connectivity index (χ2v) is 6.76. The summed E-state index contributed by atoms with van der Waals surface area (Å²) in [6.45, 7) is 4.72. The second kappa shape index (κ2) is 8.70. The van der Waals surface area contributed by atoms with Crippen molar-refractivity contribution in [3.8, 4) is 5.75 Å². The number of rotatable bonds is 7. The van der Waals surface area contributed by atoms with Crippen LogP contribution in [0.25, 0.3) is 21.5 Å². The van der Waals surface area contributed by atoms with Gasteiger partial charge in [0, 0.05) is 5.39 Å². The van der Waals surface area contributed by atoms with E-state index in [2.05, 4.69) is 38.1 Å². The molecule has 26 heavy (non-hydrogen) atoms. The first kappa shape index (κ1) is 18.2. The summed E-state index contributed by atoms with van der Waals surface area (Å²) in [5.41, 5.74) is 0. The number of carbonyl (C=O) groups is 1. The van der Waals surface area contributed by atoms with Gasteiger partial charge in [-0.25, -0.2) is 4.79 Å². The molecule has 0 bridgehead atoms. The van der Waals surface area contributed by atoms with Gasteiger partial charge < -0.3 is 9.47 Å². The van der Waals surface area contributed by atoms with Gasteiger partial charge in [0.25, 0.3) is 0 Å². The van der Waals surface area contributed by atoms with Gasteiger partial charge in [0.1, 0.15) is 5.75 Å². The Hall–Kier alpha value is -2.55. The van der Waals surface area contributed by atoms with Gasteiger partial charge in [-0.2, -0.15) is 0 Å². The molecule has 0 spiro atoms. The lowest BCUT2D eigenvalue weighted by atomic mass is 10.0. The maximum Gasteiger partial charge on any atom is 0.513 e. The van der Waals surface area contributed by atoms with Crippen LogP contribution in [-0.4, -0.2) is 12.8 Å². The molecule has 0 aromatic heterocycles. The van der Waals surface area contributed by atoms with Crippen molar-refractivity contribution in [1.82, 2.24) is 0 Å². The molecule has 0 saturated carbocycles. The van der Waals surface area contributed by atoms with Crippen LogP contribution < -0.4 is 4.74 Å². The molecule has 0 fully saturated rings. The fourth-order valence-corrected chi connectivity index (χ4v) is 3.23. The lowest BCUT2D eigenvalue weighted by Gasteiger charge is -2.15. The van der Waals surface area contributed by atoms with Gasteiger partial charge in [0.15, 0.2) is 0 Å². The highest BCUT2D eigenvalue weighted by Gasteiger charge is 2.13. The molecule has 1 atom stereocenters. The Morgan fingerprint density at radius 3 is 2.42 bits per heavy atom. The van der Waals surface area contributed by atoms with Crippen LogP contribution in [0, 0.1) is 5.92 Å². The van der Waals surface area contributed by atoms with Gasteiger partial charge in [-0.15, -0.1) is 0 Å². The van der Waals surface area contributed by atoms with Gasteiger partial charge in [0.05, 0.1) is 6.61 Å². The number of carbonyl (C=O) groups excluding carboxylic acids is 1. The molecule has 0 aliphatic heterocycles. The Kier molecular flexibility index (Phi) is 6.11. The summed E-state index contributed by atoms with van der Waals surface area (Å²) in [7, 11) is 0. The lowest BCUT2D eigenvalue weighted by Crippen LogP contribution is -2.17. The molecular formula is C23H26O3. The van der Waals surface area contributed by atoms with Crippen molar-refractivity contribution in [3.63, 3.8) is 0 Å². The highest BCUT2D eigenvalue weighted by Crippen LogP contribution is 2.30. The van der Waals surface area contributed by atoms with Crippen LogP contribution in [0.3, 0.4) is 0 Å². The van der Waals surface area contributed by atoms with Crippen molar-refractivity contribution < 1.29 is 14.3 Å². The molecule has 1 unspecified atom stereocenters. The highest BCUT2D eigenvalue weighted by atomic mass is 16.7. The summed E-state index contributed by atoms with van der Waals surface area (Å²) in [5.74, 6) is 0.943. The monoisotopic (exact) mass is 350 g/mol. The molecule has 0 aliphatic rings. The summed E-state index contributed by atoms with van der Waals surface area (Å²) in [6.07, 6.45) is 3.78. The normalized spacial score (nSPS) is 12.2. The molecule has 3 heteroatoms. The predicted octanol–water partition coefficient (Wildman–Crippen LogP) is 6.72. The Balaban J connectivity index is 1.73. The number of fused-ring (bicyclic) bond motifs is 2. The molecule has 0 aliphatic carbocycles. The fraction of sp³-hybridized carbons (Fsp3) is 0.348. The number of hydrogen-bond donors (Lipinski definition) is 0. The number of unbranched alkanes of at least 4 members (excludes halogenated alkanes) is 1. The minimum Gasteiger partial charge on any atom is -0.434 e. The quantitative estimate of drug-likeness (QED) is 0.269. The van der Waals surface area contributed by atoms with Crippen LogP contribution in [-0.2, 0) is 4.74 Å². The zero-order valence-electron chi connectivity index (χ0n) is 15.5. The average Bonchev–Trinajstić information content (AvgIpc) is 2.67. The van der Waals surface area contributed by atoms with E-state index in [1.165, 1.54) is 5.39 Å². The molecule has 3 nitrogen and oxygen atoms in total. The van der Waals surface area contributed by atoms with Gasteiger partial charge in [-0.05, 0) is 46.7 Å². The van der Waals surface area contributed by atoms with E-state index in [1.807, 2.05) is 30.3 Å². The third-order valence-corrected chi connectivity index (χ3v) is 4.88. The van der Waals surface area contributed by atoms with E-state index in [0.717, 1.165) is 41.8 Å². The van der Waals surface area contributed by atoms with Crippen molar-refractivity contribution >= 4 is 27.7 Å². The standard InChI is InChI=1S/C23H26O3/c1-3-5-9-17(4-2)16-25-23(24)26-22-13-8-12-20-14-18-10-6-7-11-19(18)15-21(20)22/h6-8,10-15,17H,3-5,9,16H2,1-2H3. The summed E-state index contributed by atoms with van der Waals surface area (Å²) in [4.78, 5) is 12.2. The Morgan fingerprint density at radius 2 is 1.69 bits per heavy atom. The van der Waals surface area contributed by atoms with Gasteiger partial charge in [-0.1, -0.05) is 69.5 Å². The van der Waals surface area contributed by atoms with E-state index >= 15 is 0 Å². The minimum atomic E-state index is -0.624. The molecule has 0 amide bonds. The maximum absolute atomic E-state index is 12.2. The molecule has 3 aromatic rings. The van der Waals surface area contributed by atoms with Gasteiger partial charge >= 0.3 is 6.16 Å². The van der Waals surface area contributed by atoms with Crippen molar-refractivity contribution in [2.75, 3.05) is 6.61 Å². The van der Waals surface area contributed by atoms with E-state index in [1.54, 1.807) is 0 Å². The van der Waals surface area contributed by atoms with E-state index < -0.39 is 6.16 Å². The van der Waals surface area contributed by atoms with Crippen LogP contribution in [0.1, 0.15) is 39.5 Å². The Morgan fingerprint density at radius 1 is 0.962 bits per heavy atom. The highest BCUT2D eigenvalue weighted by molar-refractivity contribution is 6.01. The summed E-state index contributed by atoms with van der Waals surface area (Å²) >= 11 is 0. The number of benzene rings is 3. The molecular weight excluding hydrogens is 324 g/mol. The first-order chi connectivity index (χ1) is 12.7. The first-order valence-electron chi connectivity index (χ1n) is 9.47. The zero-order valence-corrected chi connectivity index (χ0v) is 15.5. The van der Waals surface area contributed by atoms with Crippen molar-refractivity contribution in [2.45, 2.75) is 39.5 Å². The number of ether oxygens (including phenoxy) is 2. The predicted molar refractivity (Wildman–Crippen MR) is 107 cm³/mol. The minimum absolute atomic E-state index is 0.402. The average molecular weight is 350 g/mol. The zero-order chi connectivity index (χ0) is 18.4. The van der Waals surface area contributed by atoms with Crippen LogP contribution >= 0.6 is 0 Å². The SMILES string of the molecule is CCCCC(CC)COC(=O)Oc1cccc2cc3ccccc3cc12. The fourth-order valence-electron chi connectivity index (χ4n) is 3.23. The molecule has 3 rings (SSSR count). The molecule has 136 valence electrons. The van der Waals surface area contributed by atoms with Gasteiger partial charge in [-0.3, -0.25) is 0 Å². The molecule has 0 N–H and O–H groups in total. The maximum atomic E-state index is 12.2. The van der Waals surface area contributed by atoms with E-state index in [9.17, 15) is 4.79 Å². The van der Waals surface area contributed by atoms with Gasteiger partial charge in [0.2, 0.25) is 0 Å². The molecule has 3 aromatic carbocycles. The Bertz CT molecular complexity index is 885. The van der Waals surface area contributed by atoms with Crippen molar-refractivity contribution in [1.29, 1.82) is 0 Å². The van der Waals surface area contributed by atoms with Crippen LogP contribution in [0.15, 0.2) is 54.6 Å². The first-order valence-corrected chi connectivity index (χ1v) is 9.47. The van der Waals surface area contributed by atoms with E-state index in [-0.39, 0.29) is 0 Å². The van der Waals surface area contributed by atoms with Crippen LogP contribution in [0.5, 0.6) is 5.75 Å². The van der Waals surface area contributed by atoms with E-state index in [0.29, 0.717) is 18.3 Å². The topological polar surface area (TPSA) is 35.5 Å². The largest absolute Gasteiger partial charge is 0.513 e. The van der Waals surface area contributed by atoms with E-state index in [4.69, 9.17) is 9.47 Å². The summed E-state index contributed by atoms with van der Waals surface area (Å²) in [6, 6.07) is 18.1. The molecule has 0 heterocycles. The van der Waals surface area contributed by atoms with Crippen LogP contribution in [0.4, 0.5) is 4.79 Å². The van der Waals surface area contributed by atoms with Crippen LogP contribution in [0.2, 0.25) is 0 Å². The second-order valence-electron chi connectivity index (χ2n) is 6.76. The number of hydrogen-bond acceptors (Lipinski definition) is 3. The summed E-state index contributed by atoms with van der Waals surface area (Å²) in [5, 5.41) is 4.25. The lowest BCUT2D eigenvalue weighted by molar-refractivity contribution is 0.0816. The van der Waals surface area contributed by atoms with Crippen molar-refractivity contribution in [2.24, 2.45) is 5.92 Å². The van der Waals surface area contributed by atoms with Crippen molar-refractivity contribution in [3.05, 3.63) is 54.6 Å². The third kappa shape index (κ3) is 4.34. The summed E-state index contributed by atoms with van der Waals surface area (Å²) < 4.78 is 10.9. The Labute approximate surface area is 154 Å². The smallest absolute Gasteiger partial charge is 0.434 e.